The van der Waals surface area contributed by atoms with Crippen molar-refractivity contribution in [2.75, 3.05) is 31.2 Å². The molecule has 108 valence electrons. The number of nitrogens with one attached hydrogen (secondary N) is 1. The first-order valence-electron chi connectivity index (χ1n) is 6.90. The highest BCUT2D eigenvalue weighted by Gasteiger charge is 2.30. The summed E-state index contributed by atoms with van der Waals surface area (Å²) in [6.45, 7) is 3.62. The van der Waals surface area contributed by atoms with Crippen molar-refractivity contribution in [1.29, 1.82) is 0 Å². The van der Waals surface area contributed by atoms with E-state index in [-0.39, 0.29) is 24.3 Å². The Labute approximate surface area is 118 Å². The molecular weight excluding hydrogens is 256 g/mol. The van der Waals surface area contributed by atoms with Gasteiger partial charge in [-0.1, -0.05) is 18.2 Å². The molecule has 1 heterocycles. The summed E-state index contributed by atoms with van der Waals surface area (Å²) in [6, 6.07) is 9.61. The minimum Gasteiger partial charge on any atom is -0.372 e. The molecule has 1 aliphatic heterocycles. The van der Waals surface area contributed by atoms with Crippen LogP contribution in [0.2, 0.25) is 0 Å². The van der Waals surface area contributed by atoms with E-state index in [1.165, 1.54) is 0 Å². The number of nitrogens with zero attached hydrogens (tertiary/aromatic N) is 1. The van der Waals surface area contributed by atoms with Crippen molar-refractivity contribution in [3.63, 3.8) is 0 Å². The Bertz CT molecular complexity index is 461. The Morgan fingerprint density at radius 3 is 2.85 bits per heavy atom. The van der Waals surface area contributed by atoms with E-state index < -0.39 is 0 Å². The normalized spacial score (nSPS) is 18.4. The molecule has 0 aliphatic carbocycles. The van der Waals surface area contributed by atoms with Crippen LogP contribution in [0.1, 0.15) is 13.3 Å². The molecule has 0 bridgehead atoms. The molecule has 0 saturated carbocycles. The lowest BCUT2D eigenvalue weighted by atomic mass is 10.1. The van der Waals surface area contributed by atoms with E-state index in [0.29, 0.717) is 26.1 Å². The lowest BCUT2D eigenvalue weighted by Gasteiger charge is -2.16. The first-order valence-corrected chi connectivity index (χ1v) is 6.90. The molecule has 0 spiro atoms. The molecule has 1 N–H and O–H groups in total. The van der Waals surface area contributed by atoms with Gasteiger partial charge in [-0.05, 0) is 19.1 Å². The molecule has 1 atom stereocenters. The number of rotatable bonds is 6. The van der Waals surface area contributed by atoms with Crippen molar-refractivity contribution >= 4 is 17.5 Å². The number of ether oxygens (including phenoxy) is 1. The predicted molar refractivity (Wildman–Crippen MR) is 76.4 cm³/mol. The van der Waals surface area contributed by atoms with Crippen LogP contribution in [0.5, 0.6) is 0 Å². The van der Waals surface area contributed by atoms with Gasteiger partial charge in [-0.25, -0.2) is 0 Å². The van der Waals surface area contributed by atoms with Crippen LogP contribution in [0.15, 0.2) is 30.3 Å². The summed E-state index contributed by atoms with van der Waals surface area (Å²) in [7, 11) is 0. The van der Waals surface area contributed by atoms with Crippen molar-refractivity contribution in [3.05, 3.63) is 30.3 Å². The number of anilines is 1. The zero-order valence-electron chi connectivity index (χ0n) is 11.7. The maximum Gasteiger partial charge on any atom is 0.246 e. The van der Waals surface area contributed by atoms with Crippen molar-refractivity contribution in [2.45, 2.75) is 13.3 Å². The Hall–Kier alpha value is -1.88. The van der Waals surface area contributed by atoms with Gasteiger partial charge in [-0.15, -0.1) is 0 Å². The fourth-order valence-corrected chi connectivity index (χ4v) is 2.28. The molecule has 1 fully saturated rings. The monoisotopic (exact) mass is 276 g/mol. The summed E-state index contributed by atoms with van der Waals surface area (Å²) >= 11 is 0. The third kappa shape index (κ3) is 3.81. The number of hydrogen-bond acceptors (Lipinski definition) is 3. The molecule has 0 aromatic heterocycles. The van der Waals surface area contributed by atoms with Crippen molar-refractivity contribution in [1.82, 2.24) is 5.32 Å². The second-order valence-corrected chi connectivity index (χ2v) is 4.85. The minimum absolute atomic E-state index is 0.0829. The molecule has 0 radical (unpaired) electrons. The predicted octanol–water partition coefficient (Wildman–Crippen LogP) is 1.19. The van der Waals surface area contributed by atoms with Crippen LogP contribution < -0.4 is 10.2 Å². The highest BCUT2D eigenvalue weighted by molar-refractivity contribution is 5.95. The molecule has 2 amide bonds. The zero-order valence-corrected chi connectivity index (χ0v) is 11.7. The Morgan fingerprint density at radius 1 is 1.40 bits per heavy atom. The van der Waals surface area contributed by atoms with Gasteiger partial charge in [-0.3, -0.25) is 9.59 Å². The average molecular weight is 276 g/mol. The second-order valence-electron chi connectivity index (χ2n) is 4.85. The maximum absolute atomic E-state index is 12.0. The van der Waals surface area contributed by atoms with E-state index >= 15 is 0 Å². The first-order chi connectivity index (χ1) is 9.70. The van der Waals surface area contributed by atoms with Gasteiger partial charge in [-0.2, -0.15) is 0 Å². The minimum atomic E-state index is -0.127. The zero-order chi connectivity index (χ0) is 14.4. The van der Waals surface area contributed by atoms with Crippen LogP contribution in [-0.2, 0) is 14.3 Å². The summed E-state index contributed by atoms with van der Waals surface area (Å²) in [5.41, 5.74) is 0.917. The molecule has 5 nitrogen and oxygen atoms in total. The number of carbonyl (C=O) groups excluding carboxylic acids is 2. The number of amides is 2. The summed E-state index contributed by atoms with van der Waals surface area (Å²) < 4.78 is 5.03. The third-order valence-electron chi connectivity index (χ3n) is 3.30. The lowest BCUT2D eigenvalue weighted by molar-refractivity contribution is -0.125. The van der Waals surface area contributed by atoms with Gasteiger partial charge >= 0.3 is 0 Å². The number of carbonyl (C=O) groups is 2. The Balaban J connectivity index is 1.82. The molecule has 1 aromatic carbocycles. The SMILES string of the molecule is CCOCC(=O)NC[C@H]1CC(=O)N(c2ccccc2)C1. The molecule has 5 heteroatoms. The van der Waals surface area contributed by atoms with E-state index in [1.807, 2.05) is 37.3 Å². The van der Waals surface area contributed by atoms with Crippen LogP contribution >= 0.6 is 0 Å². The number of hydrogen-bond donors (Lipinski definition) is 1. The summed E-state index contributed by atoms with van der Waals surface area (Å²) in [4.78, 5) is 25.2. The van der Waals surface area contributed by atoms with Crippen molar-refractivity contribution in [3.8, 4) is 0 Å². The molecule has 1 aromatic rings. The van der Waals surface area contributed by atoms with E-state index in [9.17, 15) is 9.59 Å². The van der Waals surface area contributed by atoms with Crippen LogP contribution in [0.25, 0.3) is 0 Å². The number of para-hydroxylation sites is 1. The summed E-state index contributed by atoms with van der Waals surface area (Å²) in [5.74, 6) is 0.144. The van der Waals surface area contributed by atoms with Crippen LogP contribution in [0, 0.1) is 5.92 Å². The van der Waals surface area contributed by atoms with Gasteiger partial charge in [0.05, 0.1) is 0 Å². The van der Waals surface area contributed by atoms with Gasteiger partial charge in [0, 0.05) is 37.7 Å². The molecular formula is C15H20N2O3. The van der Waals surface area contributed by atoms with Crippen LogP contribution in [0.3, 0.4) is 0 Å². The van der Waals surface area contributed by atoms with E-state index in [1.54, 1.807) is 4.90 Å². The van der Waals surface area contributed by atoms with E-state index in [0.717, 1.165) is 5.69 Å². The summed E-state index contributed by atoms with van der Waals surface area (Å²) in [5, 5.41) is 2.81. The highest BCUT2D eigenvalue weighted by atomic mass is 16.5. The van der Waals surface area contributed by atoms with Gasteiger partial charge < -0.3 is 15.0 Å². The standard InChI is InChI=1S/C15H20N2O3/c1-2-20-11-14(18)16-9-12-8-15(19)17(10-12)13-6-4-3-5-7-13/h3-7,12H,2,8-11H2,1H3,(H,16,18)/t12-/m1/s1. The molecule has 2 rings (SSSR count). The second kappa shape index (κ2) is 7.05. The molecule has 1 saturated heterocycles. The van der Waals surface area contributed by atoms with Crippen LogP contribution in [0.4, 0.5) is 5.69 Å². The van der Waals surface area contributed by atoms with Gasteiger partial charge in [0.2, 0.25) is 11.8 Å². The lowest BCUT2D eigenvalue weighted by Crippen LogP contribution is -2.33. The van der Waals surface area contributed by atoms with Crippen molar-refractivity contribution < 1.29 is 14.3 Å². The van der Waals surface area contributed by atoms with Gasteiger partial charge in [0.1, 0.15) is 6.61 Å². The molecule has 1 aliphatic rings. The Morgan fingerprint density at radius 2 is 2.15 bits per heavy atom. The smallest absolute Gasteiger partial charge is 0.246 e. The number of benzene rings is 1. The topological polar surface area (TPSA) is 58.6 Å². The first kappa shape index (κ1) is 14.5. The Kier molecular flexibility index (Phi) is 5.12. The maximum atomic E-state index is 12.0. The van der Waals surface area contributed by atoms with E-state index in [2.05, 4.69) is 5.32 Å². The quantitative estimate of drug-likeness (QED) is 0.849. The van der Waals surface area contributed by atoms with E-state index in [4.69, 9.17) is 4.74 Å². The average Bonchev–Trinajstić information content (AvgIpc) is 2.85. The fraction of sp³-hybridized carbons (Fsp3) is 0.467. The molecule has 20 heavy (non-hydrogen) atoms. The molecule has 0 unspecified atom stereocenters. The highest BCUT2D eigenvalue weighted by Crippen LogP contribution is 2.24. The van der Waals surface area contributed by atoms with Gasteiger partial charge in [0.25, 0.3) is 0 Å². The summed E-state index contributed by atoms with van der Waals surface area (Å²) in [6.07, 6.45) is 0.476. The van der Waals surface area contributed by atoms with Crippen LogP contribution in [-0.4, -0.2) is 38.1 Å². The fourth-order valence-electron chi connectivity index (χ4n) is 2.28. The van der Waals surface area contributed by atoms with Crippen molar-refractivity contribution in [2.24, 2.45) is 5.92 Å². The third-order valence-corrected chi connectivity index (χ3v) is 3.30. The largest absolute Gasteiger partial charge is 0.372 e. The van der Waals surface area contributed by atoms with Gasteiger partial charge in [0.15, 0.2) is 0 Å².